The molecule has 8 heteroatoms. The molecule has 0 N–H and O–H groups in total. The molecule has 0 amide bonds. The Hall–Kier alpha value is -1.48. The number of aromatic nitrogens is 2. The van der Waals surface area contributed by atoms with Gasteiger partial charge >= 0.3 is 5.97 Å². The number of methoxy groups -OCH3 is 1. The number of ether oxygens (including phenoxy) is 2. The Balaban J connectivity index is 2.43. The van der Waals surface area contributed by atoms with Crippen molar-refractivity contribution in [1.29, 1.82) is 0 Å². The van der Waals surface area contributed by atoms with Crippen LogP contribution < -0.4 is 4.74 Å². The largest absolute Gasteiger partial charge is 0.465 e. The number of hydrogen-bond donors (Lipinski definition) is 0. The first kappa shape index (κ1) is 14.9. The first-order valence-corrected chi connectivity index (χ1v) is 6.71. The lowest BCUT2D eigenvalue weighted by molar-refractivity contribution is 0.0596. The highest BCUT2D eigenvalue weighted by molar-refractivity contribution is 14.1. The Morgan fingerprint density at radius 1 is 1.35 bits per heavy atom. The molecule has 0 spiro atoms. The molecule has 2 aromatic rings. The predicted molar refractivity (Wildman–Crippen MR) is 77.6 cm³/mol. The topological polar surface area (TPSA) is 61.3 Å². The molecule has 0 radical (unpaired) electrons. The fourth-order valence-corrected chi connectivity index (χ4v) is 1.92. The van der Waals surface area contributed by atoms with Crippen LogP contribution in [0.25, 0.3) is 0 Å². The Morgan fingerprint density at radius 3 is 2.80 bits per heavy atom. The van der Waals surface area contributed by atoms with Crippen molar-refractivity contribution in [3.63, 3.8) is 0 Å². The third-order valence-corrected chi connectivity index (χ3v) is 3.07. The average Bonchev–Trinajstić information content (AvgIpc) is 2.43. The molecule has 0 unspecified atom stereocenters. The van der Waals surface area contributed by atoms with E-state index in [0.29, 0.717) is 3.70 Å². The number of nitrogens with zero attached hydrogens (tertiary/aromatic N) is 2. The van der Waals surface area contributed by atoms with Crippen LogP contribution in [0.15, 0.2) is 24.3 Å². The molecule has 1 aromatic carbocycles. The van der Waals surface area contributed by atoms with Gasteiger partial charge in [-0.05, 0) is 40.8 Å². The average molecular weight is 409 g/mol. The molecule has 0 aliphatic carbocycles. The molecule has 0 aliphatic rings. The lowest BCUT2D eigenvalue weighted by Crippen LogP contribution is -2.07. The SMILES string of the molecule is COC(=O)c1cc(I)nnc1Oc1cc(F)ccc1Cl. The summed E-state index contributed by atoms with van der Waals surface area (Å²) in [5, 5.41) is 7.71. The van der Waals surface area contributed by atoms with Gasteiger partial charge in [-0.1, -0.05) is 11.6 Å². The van der Waals surface area contributed by atoms with Crippen LogP contribution in [0.4, 0.5) is 4.39 Å². The van der Waals surface area contributed by atoms with E-state index in [2.05, 4.69) is 14.9 Å². The van der Waals surface area contributed by atoms with E-state index >= 15 is 0 Å². The van der Waals surface area contributed by atoms with Crippen molar-refractivity contribution in [1.82, 2.24) is 10.2 Å². The van der Waals surface area contributed by atoms with E-state index in [9.17, 15) is 9.18 Å². The van der Waals surface area contributed by atoms with E-state index in [0.717, 1.165) is 6.07 Å². The summed E-state index contributed by atoms with van der Waals surface area (Å²) >= 11 is 7.78. The molecule has 5 nitrogen and oxygen atoms in total. The van der Waals surface area contributed by atoms with E-state index in [4.69, 9.17) is 16.3 Å². The lowest BCUT2D eigenvalue weighted by Gasteiger charge is -2.09. The fourth-order valence-electron chi connectivity index (χ4n) is 1.35. The molecule has 0 saturated carbocycles. The maximum absolute atomic E-state index is 13.2. The second-order valence-corrected chi connectivity index (χ2v) is 5.07. The molecule has 1 heterocycles. The minimum atomic E-state index is -0.639. The first-order chi connectivity index (χ1) is 9.51. The van der Waals surface area contributed by atoms with Crippen molar-refractivity contribution in [3.05, 3.63) is 44.4 Å². The molecule has 0 bridgehead atoms. The van der Waals surface area contributed by atoms with Crippen molar-refractivity contribution in [2.24, 2.45) is 0 Å². The molecule has 0 aliphatic heterocycles. The van der Waals surface area contributed by atoms with Crippen molar-refractivity contribution in [2.45, 2.75) is 0 Å². The third kappa shape index (κ3) is 3.34. The van der Waals surface area contributed by atoms with Crippen LogP contribution in [0.1, 0.15) is 10.4 Å². The number of carbonyl (C=O) groups is 1. The number of rotatable bonds is 3. The predicted octanol–water partition coefficient (Wildman–Crippen LogP) is 3.45. The van der Waals surface area contributed by atoms with Gasteiger partial charge in [0.1, 0.15) is 15.1 Å². The summed E-state index contributed by atoms with van der Waals surface area (Å²) < 4.78 is 23.6. The van der Waals surface area contributed by atoms with Gasteiger partial charge in [-0.2, -0.15) is 0 Å². The summed E-state index contributed by atoms with van der Waals surface area (Å²) in [6, 6.07) is 5.06. The van der Waals surface area contributed by atoms with Gasteiger partial charge in [-0.3, -0.25) is 0 Å². The summed E-state index contributed by atoms with van der Waals surface area (Å²) in [6.07, 6.45) is 0. The molecule has 1 aromatic heterocycles. The number of halogens is 3. The second-order valence-electron chi connectivity index (χ2n) is 3.55. The molecule has 2 rings (SSSR count). The van der Waals surface area contributed by atoms with E-state index in [1.807, 2.05) is 22.6 Å². The highest BCUT2D eigenvalue weighted by Crippen LogP contribution is 2.30. The first-order valence-electron chi connectivity index (χ1n) is 5.25. The van der Waals surface area contributed by atoms with Gasteiger partial charge in [0.25, 0.3) is 5.88 Å². The second kappa shape index (κ2) is 6.31. The molecule has 20 heavy (non-hydrogen) atoms. The molecule has 104 valence electrons. The highest BCUT2D eigenvalue weighted by Gasteiger charge is 2.18. The smallest absolute Gasteiger partial charge is 0.343 e. The van der Waals surface area contributed by atoms with Gasteiger partial charge in [-0.25, -0.2) is 9.18 Å². The van der Waals surface area contributed by atoms with Crippen LogP contribution >= 0.6 is 34.2 Å². The number of hydrogen-bond acceptors (Lipinski definition) is 5. The van der Waals surface area contributed by atoms with Gasteiger partial charge in [0.2, 0.25) is 0 Å². The van der Waals surface area contributed by atoms with Crippen molar-refractivity contribution >= 4 is 40.2 Å². The van der Waals surface area contributed by atoms with E-state index < -0.39 is 11.8 Å². The summed E-state index contributed by atoms with van der Waals surface area (Å²) in [5.74, 6) is -1.24. The molecular weight excluding hydrogens is 401 g/mol. The van der Waals surface area contributed by atoms with E-state index in [1.54, 1.807) is 0 Å². The van der Waals surface area contributed by atoms with Crippen LogP contribution in [0.5, 0.6) is 11.6 Å². The van der Waals surface area contributed by atoms with Gasteiger partial charge < -0.3 is 9.47 Å². The maximum Gasteiger partial charge on any atom is 0.343 e. The standard InChI is InChI=1S/C12H7ClFIN2O3/c1-19-12(18)7-5-10(15)16-17-11(7)20-9-4-6(14)2-3-8(9)13/h2-5H,1H3. The summed E-state index contributed by atoms with van der Waals surface area (Å²) in [4.78, 5) is 11.6. The van der Waals surface area contributed by atoms with Gasteiger partial charge in [0.05, 0.1) is 12.1 Å². The fraction of sp³-hybridized carbons (Fsp3) is 0.0833. The van der Waals surface area contributed by atoms with E-state index in [1.165, 1.54) is 25.3 Å². The zero-order valence-corrected chi connectivity index (χ0v) is 13.0. The normalized spacial score (nSPS) is 10.2. The van der Waals surface area contributed by atoms with Crippen LogP contribution in [-0.2, 0) is 4.74 Å². The molecule has 0 saturated heterocycles. The Kier molecular flexibility index (Phi) is 4.71. The molecular formula is C12H7ClFIN2O3. The van der Waals surface area contributed by atoms with Crippen LogP contribution in [0.2, 0.25) is 5.02 Å². The molecule has 0 fully saturated rings. The number of benzene rings is 1. The zero-order valence-electron chi connectivity index (χ0n) is 10.1. The third-order valence-electron chi connectivity index (χ3n) is 2.24. The highest BCUT2D eigenvalue weighted by atomic mass is 127. The summed E-state index contributed by atoms with van der Waals surface area (Å²) in [5.41, 5.74) is 0.0761. The van der Waals surface area contributed by atoms with Crippen LogP contribution in [-0.4, -0.2) is 23.3 Å². The summed E-state index contributed by atoms with van der Waals surface area (Å²) in [7, 11) is 1.23. The quantitative estimate of drug-likeness (QED) is 0.575. The van der Waals surface area contributed by atoms with Crippen molar-refractivity contribution in [2.75, 3.05) is 7.11 Å². The Labute approximate surface area is 132 Å². The minimum absolute atomic E-state index is 0.0346. The monoisotopic (exact) mass is 408 g/mol. The Morgan fingerprint density at radius 2 is 2.10 bits per heavy atom. The van der Waals surface area contributed by atoms with Crippen molar-refractivity contribution < 1.29 is 18.7 Å². The lowest BCUT2D eigenvalue weighted by atomic mass is 10.3. The number of esters is 1. The van der Waals surface area contributed by atoms with Gasteiger partial charge in [0.15, 0.2) is 5.75 Å². The summed E-state index contributed by atoms with van der Waals surface area (Å²) in [6.45, 7) is 0. The maximum atomic E-state index is 13.2. The van der Waals surface area contributed by atoms with Gasteiger partial charge in [-0.15, -0.1) is 10.2 Å². The van der Waals surface area contributed by atoms with Crippen molar-refractivity contribution in [3.8, 4) is 11.6 Å². The molecule has 0 atom stereocenters. The minimum Gasteiger partial charge on any atom is -0.465 e. The Bertz CT molecular complexity index is 669. The zero-order chi connectivity index (χ0) is 14.7. The van der Waals surface area contributed by atoms with E-state index in [-0.39, 0.29) is 22.2 Å². The van der Waals surface area contributed by atoms with Crippen LogP contribution in [0.3, 0.4) is 0 Å². The number of carbonyl (C=O) groups excluding carboxylic acids is 1. The van der Waals surface area contributed by atoms with Crippen LogP contribution in [0, 0.1) is 9.52 Å². The van der Waals surface area contributed by atoms with Gasteiger partial charge in [0, 0.05) is 6.07 Å².